The molecular formula is C20H20F3N5O. The van der Waals surface area contributed by atoms with Gasteiger partial charge in [-0.1, -0.05) is 24.3 Å². The standard InChI is InChI=1S/C20H20F3N5O/c21-20(22,23)16-8-2-1-6-14(16)12-24-18(29)15-7-5-10-27(13-15)19-26-25-17-9-3-4-11-28(17)19/h1-4,6,8-9,11,15H,5,7,10,12-13H2,(H,24,29)/t15-/m1/s1. The highest BCUT2D eigenvalue weighted by Gasteiger charge is 2.33. The lowest BCUT2D eigenvalue weighted by Crippen LogP contribution is -2.43. The average Bonchev–Trinajstić information content (AvgIpc) is 3.16. The summed E-state index contributed by atoms with van der Waals surface area (Å²) in [5.41, 5.74) is 0.0581. The lowest BCUT2D eigenvalue weighted by molar-refractivity contribution is -0.138. The maximum atomic E-state index is 13.1. The van der Waals surface area contributed by atoms with Crippen LogP contribution in [0, 0.1) is 5.92 Å². The maximum Gasteiger partial charge on any atom is 0.416 e. The molecule has 1 aliphatic heterocycles. The molecule has 0 spiro atoms. The van der Waals surface area contributed by atoms with Gasteiger partial charge in [0.15, 0.2) is 5.65 Å². The Bertz CT molecular complexity index is 1020. The molecule has 1 fully saturated rings. The zero-order valence-corrected chi connectivity index (χ0v) is 15.6. The summed E-state index contributed by atoms with van der Waals surface area (Å²) >= 11 is 0. The molecule has 3 heterocycles. The number of pyridine rings is 1. The highest BCUT2D eigenvalue weighted by atomic mass is 19.4. The van der Waals surface area contributed by atoms with Crippen LogP contribution in [0.25, 0.3) is 5.65 Å². The van der Waals surface area contributed by atoms with Crippen molar-refractivity contribution in [3.8, 4) is 0 Å². The minimum Gasteiger partial charge on any atom is -0.352 e. The average molecular weight is 403 g/mol. The van der Waals surface area contributed by atoms with Crippen molar-refractivity contribution in [3.05, 3.63) is 59.8 Å². The summed E-state index contributed by atoms with van der Waals surface area (Å²) in [6.07, 6.45) is -1.11. The molecule has 1 N–H and O–H groups in total. The Morgan fingerprint density at radius 2 is 1.93 bits per heavy atom. The smallest absolute Gasteiger partial charge is 0.352 e. The molecule has 1 aromatic carbocycles. The Morgan fingerprint density at radius 3 is 2.76 bits per heavy atom. The molecule has 0 aliphatic carbocycles. The van der Waals surface area contributed by atoms with E-state index >= 15 is 0 Å². The maximum absolute atomic E-state index is 13.1. The van der Waals surface area contributed by atoms with Crippen molar-refractivity contribution in [1.82, 2.24) is 19.9 Å². The summed E-state index contributed by atoms with van der Waals surface area (Å²) < 4.78 is 41.2. The summed E-state index contributed by atoms with van der Waals surface area (Å²) in [5, 5.41) is 11.0. The number of rotatable bonds is 4. The summed E-state index contributed by atoms with van der Waals surface area (Å²) in [4.78, 5) is 14.6. The van der Waals surface area contributed by atoms with Crippen LogP contribution in [-0.2, 0) is 17.5 Å². The lowest BCUT2D eigenvalue weighted by Gasteiger charge is -2.32. The van der Waals surface area contributed by atoms with Crippen LogP contribution >= 0.6 is 0 Å². The van der Waals surface area contributed by atoms with E-state index in [1.165, 1.54) is 18.2 Å². The number of fused-ring (bicyclic) bond motifs is 1. The van der Waals surface area contributed by atoms with Gasteiger partial charge in [-0.25, -0.2) is 0 Å². The molecule has 1 amide bonds. The Morgan fingerprint density at radius 1 is 1.14 bits per heavy atom. The molecule has 0 saturated carbocycles. The minimum atomic E-state index is -4.45. The van der Waals surface area contributed by atoms with E-state index in [-0.39, 0.29) is 23.9 Å². The number of piperidine rings is 1. The van der Waals surface area contributed by atoms with Gasteiger partial charge in [-0.2, -0.15) is 13.2 Å². The van der Waals surface area contributed by atoms with Crippen LogP contribution in [-0.4, -0.2) is 33.6 Å². The molecule has 0 unspecified atom stereocenters. The van der Waals surface area contributed by atoms with Gasteiger partial charge in [0.1, 0.15) is 0 Å². The number of hydrogen-bond donors (Lipinski definition) is 1. The van der Waals surface area contributed by atoms with E-state index in [0.717, 1.165) is 24.7 Å². The predicted molar refractivity (Wildman–Crippen MR) is 101 cm³/mol. The van der Waals surface area contributed by atoms with Gasteiger partial charge in [0.05, 0.1) is 11.5 Å². The van der Waals surface area contributed by atoms with Gasteiger partial charge < -0.3 is 10.2 Å². The van der Waals surface area contributed by atoms with E-state index in [9.17, 15) is 18.0 Å². The summed E-state index contributed by atoms with van der Waals surface area (Å²) in [6.45, 7) is 1.04. The van der Waals surface area contributed by atoms with Gasteiger partial charge in [-0.15, -0.1) is 10.2 Å². The van der Waals surface area contributed by atoms with Crippen LogP contribution < -0.4 is 10.2 Å². The SMILES string of the molecule is O=C(NCc1ccccc1C(F)(F)F)[C@@H]1CCCN(c2nnc3ccccn23)C1. The van der Waals surface area contributed by atoms with E-state index < -0.39 is 11.7 Å². The number of carbonyl (C=O) groups excluding carboxylic acids is 1. The summed E-state index contributed by atoms with van der Waals surface area (Å²) in [7, 11) is 0. The van der Waals surface area contributed by atoms with E-state index in [4.69, 9.17) is 0 Å². The van der Waals surface area contributed by atoms with E-state index in [0.29, 0.717) is 18.9 Å². The third-order valence-corrected chi connectivity index (χ3v) is 5.15. The van der Waals surface area contributed by atoms with Crippen molar-refractivity contribution in [1.29, 1.82) is 0 Å². The van der Waals surface area contributed by atoms with Crippen LogP contribution in [0.3, 0.4) is 0 Å². The van der Waals surface area contributed by atoms with Crippen LogP contribution in [0.5, 0.6) is 0 Å². The molecular weight excluding hydrogens is 383 g/mol. The van der Waals surface area contributed by atoms with Crippen LogP contribution in [0.1, 0.15) is 24.0 Å². The number of alkyl halides is 3. The fraction of sp³-hybridized carbons (Fsp3) is 0.350. The molecule has 152 valence electrons. The number of nitrogens with zero attached hydrogens (tertiary/aromatic N) is 4. The first-order chi connectivity index (χ1) is 13.9. The molecule has 6 nitrogen and oxygen atoms in total. The first kappa shape index (κ1) is 19.2. The fourth-order valence-electron chi connectivity index (χ4n) is 3.69. The molecule has 1 saturated heterocycles. The first-order valence-corrected chi connectivity index (χ1v) is 9.41. The largest absolute Gasteiger partial charge is 0.416 e. The van der Waals surface area contributed by atoms with Crippen molar-refractivity contribution in [2.24, 2.45) is 5.92 Å². The van der Waals surface area contributed by atoms with Crippen LogP contribution in [0.4, 0.5) is 19.1 Å². The lowest BCUT2D eigenvalue weighted by atomic mass is 9.97. The van der Waals surface area contributed by atoms with Crippen molar-refractivity contribution < 1.29 is 18.0 Å². The third kappa shape index (κ3) is 4.03. The number of benzene rings is 1. The summed E-state index contributed by atoms with van der Waals surface area (Å²) in [5.74, 6) is 0.0962. The second-order valence-corrected chi connectivity index (χ2v) is 7.09. The predicted octanol–water partition coefficient (Wildman–Crippen LogP) is 3.28. The van der Waals surface area contributed by atoms with Gasteiger partial charge in [0.25, 0.3) is 0 Å². The number of nitrogens with one attached hydrogen (secondary N) is 1. The van der Waals surface area contributed by atoms with Crippen molar-refractivity contribution >= 4 is 17.5 Å². The quantitative estimate of drug-likeness (QED) is 0.726. The van der Waals surface area contributed by atoms with E-state index in [2.05, 4.69) is 15.5 Å². The minimum absolute atomic E-state index is 0.0597. The van der Waals surface area contributed by atoms with Crippen LogP contribution in [0.2, 0.25) is 0 Å². The van der Waals surface area contributed by atoms with Crippen LogP contribution in [0.15, 0.2) is 48.7 Å². The van der Waals surface area contributed by atoms with Crippen molar-refractivity contribution in [2.45, 2.75) is 25.6 Å². The number of amides is 1. The topological polar surface area (TPSA) is 62.5 Å². The number of anilines is 1. The van der Waals surface area contributed by atoms with Crippen molar-refractivity contribution in [2.75, 3.05) is 18.0 Å². The molecule has 1 aliphatic rings. The Balaban J connectivity index is 1.44. The number of halogens is 3. The second-order valence-electron chi connectivity index (χ2n) is 7.09. The molecule has 29 heavy (non-hydrogen) atoms. The number of carbonyl (C=O) groups is 1. The Labute approximate surface area is 165 Å². The molecule has 4 rings (SSSR count). The highest BCUT2D eigenvalue weighted by Crippen LogP contribution is 2.32. The van der Waals surface area contributed by atoms with Crippen molar-refractivity contribution in [3.63, 3.8) is 0 Å². The first-order valence-electron chi connectivity index (χ1n) is 9.41. The molecule has 9 heteroatoms. The molecule has 0 radical (unpaired) electrons. The molecule has 1 atom stereocenters. The van der Waals surface area contributed by atoms with Gasteiger partial charge >= 0.3 is 6.18 Å². The fourth-order valence-corrected chi connectivity index (χ4v) is 3.69. The van der Waals surface area contributed by atoms with E-state index in [1.54, 1.807) is 0 Å². The number of aromatic nitrogens is 3. The monoisotopic (exact) mass is 403 g/mol. The van der Waals surface area contributed by atoms with Gasteiger partial charge in [-0.3, -0.25) is 9.20 Å². The molecule has 0 bridgehead atoms. The molecule has 3 aromatic rings. The van der Waals surface area contributed by atoms with E-state index in [1.807, 2.05) is 33.7 Å². The zero-order valence-electron chi connectivity index (χ0n) is 15.6. The van der Waals surface area contributed by atoms with Gasteiger partial charge in [0.2, 0.25) is 11.9 Å². The van der Waals surface area contributed by atoms with Gasteiger partial charge in [-0.05, 0) is 36.6 Å². The Hall–Kier alpha value is -3.10. The zero-order chi connectivity index (χ0) is 20.4. The van der Waals surface area contributed by atoms with Gasteiger partial charge in [0, 0.05) is 25.8 Å². The summed E-state index contributed by atoms with van der Waals surface area (Å²) in [6, 6.07) is 10.9. The Kier molecular flexibility index (Phi) is 5.12. The highest BCUT2D eigenvalue weighted by molar-refractivity contribution is 5.79. The molecule has 2 aromatic heterocycles. The second kappa shape index (κ2) is 7.73. The normalized spacial score (nSPS) is 17.5. The third-order valence-electron chi connectivity index (χ3n) is 5.15. The number of hydrogen-bond acceptors (Lipinski definition) is 4.